The first-order valence-electron chi connectivity index (χ1n) is 10.0. The Morgan fingerprint density at radius 2 is 2.03 bits per heavy atom. The zero-order chi connectivity index (χ0) is 20.4. The van der Waals surface area contributed by atoms with Gasteiger partial charge in [-0.1, -0.05) is 35.5 Å². The molecule has 1 saturated heterocycles. The number of nitrogens with zero attached hydrogens (tertiary/aromatic N) is 3. The van der Waals surface area contributed by atoms with E-state index >= 15 is 0 Å². The van der Waals surface area contributed by atoms with Crippen molar-refractivity contribution in [2.45, 2.75) is 39.3 Å². The van der Waals surface area contributed by atoms with Gasteiger partial charge in [-0.05, 0) is 63.4 Å². The molecule has 2 N–H and O–H groups in total. The predicted octanol–water partition coefficient (Wildman–Crippen LogP) is 3.89. The average molecular weight is 390 g/mol. The highest BCUT2D eigenvalue weighted by molar-refractivity contribution is 6.05. The number of anilines is 1. The molecule has 6 heteroatoms. The van der Waals surface area contributed by atoms with Crippen molar-refractivity contribution < 1.29 is 4.79 Å². The van der Waals surface area contributed by atoms with Crippen LogP contribution < -0.4 is 10.6 Å². The molecule has 2 aromatic carbocycles. The molecule has 0 aliphatic carbocycles. The summed E-state index contributed by atoms with van der Waals surface area (Å²) in [6, 6.07) is 15.3. The first kappa shape index (κ1) is 19.3. The fourth-order valence-electron chi connectivity index (χ4n) is 3.88. The molecule has 0 spiro atoms. The molecule has 1 atom stereocenters. The Morgan fingerprint density at radius 1 is 1.24 bits per heavy atom. The molecule has 1 fully saturated rings. The second kappa shape index (κ2) is 7.79. The van der Waals surface area contributed by atoms with E-state index in [4.69, 9.17) is 0 Å². The van der Waals surface area contributed by atoms with Crippen LogP contribution in [0.4, 0.5) is 5.69 Å². The topological polar surface area (TPSA) is 71.8 Å². The molecule has 0 radical (unpaired) electrons. The number of benzene rings is 2. The van der Waals surface area contributed by atoms with E-state index < -0.39 is 0 Å². The summed E-state index contributed by atoms with van der Waals surface area (Å²) < 4.78 is 1.92. The normalized spacial score (nSPS) is 18.0. The van der Waals surface area contributed by atoms with Crippen LogP contribution in [0.1, 0.15) is 36.2 Å². The van der Waals surface area contributed by atoms with Crippen molar-refractivity contribution >= 4 is 11.6 Å². The van der Waals surface area contributed by atoms with Crippen LogP contribution in [0.25, 0.3) is 11.3 Å². The van der Waals surface area contributed by atoms with Gasteiger partial charge in [-0.25, -0.2) is 0 Å². The quantitative estimate of drug-likeness (QED) is 0.694. The summed E-state index contributed by atoms with van der Waals surface area (Å²) in [6.45, 7) is 8.28. The van der Waals surface area contributed by atoms with Crippen LogP contribution in [0.15, 0.2) is 54.7 Å². The van der Waals surface area contributed by atoms with Crippen molar-refractivity contribution in [2.75, 3.05) is 11.9 Å². The van der Waals surface area contributed by atoms with Gasteiger partial charge in [-0.15, -0.1) is 5.10 Å². The molecule has 1 aromatic heterocycles. The summed E-state index contributed by atoms with van der Waals surface area (Å²) in [6.07, 6.45) is 3.11. The number of nitrogens with one attached hydrogen (secondary N) is 2. The van der Waals surface area contributed by atoms with Crippen LogP contribution in [-0.2, 0) is 6.54 Å². The molecule has 2 heterocycles. The summed E-state index contributed by atoms with van der Waals surface area (Å²) >= 11 is 0. The summed E-state index contributed by atoms with van der Waals surface area (Å²) in [5.41, 5.74) is 4.13. The van der Waals surface area contributed by atoms with E-state index in [1.807, 2.05) is 66.3 Å². The number of para-hydroxylation sites is 1. The molecule has 1 amide bonds. The summed E-state index contributed by atoms with van der Waals surface area (Å²) in [5, 5.41) is 15.2. The number of amides is 1. The number of aromatic nitrogens is 3. The number of hydrogen-bond acceptors (Lipinski definition) is 4. The summed E-state index contributed by atoms with van der Waals surface area (Å²) in [7, 11) is 0. The van der Waals surface area contributed by atoms with Gasteiger partial charge in [-0.2, -0.15) is 0 Å². The van der Waals surface area contributed by atoms with Gasteiger partial charge in [0.15, 0.2) is 0 Å². The van der Waals surface area contributed by atoms with Gasteiger partial charge < -0.3 is 10.6 Å². The van der Waals surface area contributed by atoms with E-state index in [1.54, 1.807) is 0 Å². The lowest BCUT2D eigenvalue weighted by molar-refractivity contribution is 0.102. The van der Waals surface area contributed by atoms with Crippen LogP contribution in [-0.4, -0.2) is 33.0 Å². The molecular formula is C23H27N5O. The Labute approximate surface area is 171 Å². The predicted molar refractivity (Wildman–Crippen MR) is 115 cm³/mol. The minimum absolute atomic E-state index is 0.110. The van der Waals surface area contributed by atoms with Crippen molar-refractivity contribution in [1.82, 2.24) is 20.3 Å². The monoisotopic (exact) mass is 389 g/mol. The van der Waals surface area contributed by atoms with E-state index in [2.05, 4.69) is 34.8 Å². The van der Waals surface area contributed by atoms with Crippen molar-refractivity contribution in [3.05, 3.63) is 65.9 Å². The second-order valence-electron chi connectivity index (χ2n) is 8.31. The maximum atomic E-state index is 12.8. The highest BCUT2D eigenvalue weighted by atomic mass is 16.1. The Balaban J connectivity index is 1.53. The zero-order valence-electron chi connectivity index (χ0n) is 17.1. The van der Waals surface area contributed by atoms with Crippen LogP contribution in [0.3, 0.4) is 0 Å². The highest BCUT2D eigenvalue weighted by Gasteiger charge is 2.34. The molecule has 1 unspecified atom stereocenters. The molecule has 150 valence electrons. The SMILES string of the molecule is Cc1ccc(-c2cn(CC3CCNC3(C)C)nn2)cc1C(=O)Nc1ccccc1. The van der Waals surface area contributed by atoms with Gasteiger partial charge in [0.05, 0.1) is 6.20 Å². The van der Waals surface area contributed by atoms with Gasteiger partial charge in [0, 0.05) is 28.9 Å². The van der Waals surface area contributed by atoms with Crippen molar-refractivity contribution in [1.29, 1.82) is 0 Å². The molecule has 0 saturated carbocycles. The third kappa shape index (κ3) is 4.22. The lowest BCUT2D eigenvalue weighted by Gasteiger charge is -2.26. The average Bonchev–Trinajstić information content (AvgIpc) is 3.29. The van der Waals surface area contributed by atoms with Crippen molar-refractivity contribution in [2.24, 2.45) is 5.92 Å². The number of carbonyl (C=O) groups is 1. The van der Waals surface area contributed by atoms with Crippen LogP contribution in [0, 0.1) is 12.8 Å². The van der Waals surface area contributed by atoms with Crippen molar-refractivity contribution in [3.63, 3.8) is 0 Å². The molecule has 1 aliphatic rings. The molecule has 1 aliphatic heterocycles. The Kier molecular flexibility index (Phi) is 5.20. The Bertz CT molecular complexity index is 1010. The van der Waals surface area contributed by atoms with E-state index in [9.17, 15) is 4.79 Å². The minimum atomic E-state index is -0.123. The first-order valence-corrected chi connectivity index (χ1v) is 10.0. The van der Waals surface area contributed by atoms with E-state index in [0.29, 0.717) is 11.5 Å². The molecule has 29 heavy (non-hydrogen) atoms. The van der Waals surface area contributed by atoms with E-state index in [0.717, 1.165) is 42.0 Å². The highest BCUT2D eigenvalue weighted by Crippen LogP contribution is 2.28. The van der Waals surface area contributed by atoms with Gasteiger partial charge in [0.25, 0.3) is 5.91 Å². The first-order chi connectivity index (χ1) is 13.9. The number of aryl methyl sites for hydroxylation is 1. The standard InChI is InChI=1S/C23H27N5O/c1-16-9-10-17(13-20(16)22(29)25-19-7-5-4-6-8-19)21-15-28(27-26-21)14-18-11-12-24-23(18,2)3/h4-10,13,15,18,24H,11-12,14H2,1-3H3,(H,25,29). The zero-order valence-corrected chi connectivity index (χ0v) is 17.1. The van der Waals surface area contributed by atoms with E-state index in [-0.39, 0.29) is 11.4 Å². The summed E-state index contributed by atoms with van der Waals surface area (Å²) in [5.74, 6) is 0.393. The maximum absolute atomic E-state index is 12.8. The fraction of sp³-hybridized carbons (Fsp3) is 0.348. The fourth-order valence-corrected chi connectivity index (χ4v) is 3.88. The number of hydrogen-bond donors (Lipinski definition) is 2. The van der Waals surface area contributed by atoms with Gasteiger partial charge in [-0.3, -0.25) is 9.48 Å². The molecule has 3 aromatic rings. The van der Waals surface area contributed by atoms with Gasteiger partial charge in [0.1, 0.15) is 5.69 Å². The van der Waals surface area contributed by atoms with Gasteiger partial charge in [0.2, 0.25) is 0 Å². The maximum Gasteiger partial charge on any atom is 0.255 e. The Morgan fingerprint density at radius 3 is 2.76 bits per heavy atom. The summed E-state index contributed by atoms with van der Waals surface area (Å²) in [4.78, 5) is 12.8. The largest absolute Gasteiger partial charge is 0.322 e. The van der Waals surface area contributed by atoms with E-state index in [1.165, 1.54) is 0 Å². The van der Waals surface area contributed by atoms with Gasteiger partial charge >= 0.3 is 0 Å². The number of rotatable bonds is 5. The number of carbonyl (C=O) groups excluding carboxylic acids is 1. The smallest absolute Gasteiger partial charge is 0.255 e. The molecule has 4 rings (SSSR count). The van der Waals surface area contributed by atoms with Crippen LogP contribution in [0.5, 0.6) is 0 Å². The van der Waals surface area contributed by atoms with Crippen molar-refractivity contribution in [3.8, 4) is 11.3 Å². The molecule has 0 bridgehead atoms. The van der Waals surface area contributed by atoms with Crippen LogP contribution >= 0.6 is 0 Å². The van der Waals surface area contributed by atoms with Crippen LogP contribution in [0.2, 0.25) is 0 Å². The third-order valence-corrected chi connectivity index (χ3v) is 5.85. The molecule has 6 nitrogen and oxygen atoms in total. The lowest BCUT2D eigenvalue weighted by atomic mass is 9.89. The molecular weight excluding hydrogens is 362 g/mol. The Hall–Kier alpha value is -2.99. The third-order valence-electron chi connectivity index (χ3n) is 5.85. The minimum Gasteiger partial charge on any atom is -0.322 e. The second-order valence-corrected chi connectivity index (χ2v) is 8.31. The lowest BCUT2D eigenvalue weighted by Crippen LogP contribution is -2.39.